The van der Waals surface area contributed by atoms with E-state index in [2.05, 4.69) is 4.98 Å². The minimum absolute atomic E-state index is 0.170. The van der Waals surface area contributed by atoms with Gasteiger partial charge in [0.1, 0.15) is 11.4 Å². The molecule has 0 saturated carbocycles. The third-order valence-corrected chi connectivity index (χ3v) is 6.18. The molecular weight excluding hydrogens is 450 g/mol. The van der Waals surface area contributed by atoms with Crippen LogP contribution in [0.25, 0.3) is 27.6 Å². The molecular formula is C27H20F2N4O2. The third-order valence-electron chi connectivity index (χ3n) is 6.18. The van der Waals surface area contributed by atoms with Crippen LogP contribution < -0.4 is 10.4 Å². The Kier molecular flexibility index (Phi) is 5.53. The minimum Gasteiger partial charge on any atom is -0.496 e. The van der Waals surface area contributed by atoms with Gasteiger partial charge in [-0.3, -0.25) is 14.1 Å². The van der Waals surface area contributed by atoms with Crippen molar-refractivity contribution in [1.29, 1.82) is 5.26 Å². The van der Waals surface area contributed by atoms with Crippen molar-refractivity contribution < 1.29 is 13.5 Å². The number of pyridine rings is 1. The molecule has 35 heavy (non-hydrogen) atoms. The van der Waals surface area contributed by atoms with Gasteiger partial charge in [-0.2, -0.15) is 5.26 Å². The fraction of sp³-hybridized carbons (Fsp3) is 0.148. The van der Waals surface area contributed by atoms with E-state index >= 15 is 8.78 Å². The summed E-state index contributed by atoms with van der Waals surface area (Å²) in [4.78, 5) is 17.7. The predicted octanol–water partition coefficient (Wildman–Crippen LogP) is 4.82. The lowest BCUT2D eigenvalue weighted by molar-refractivity contribution is 0.410. The molecule has 0 N–H and O–H groups in total. The van der Waals surface area contributed by atoms with Gasteiger partial charge >= 0.3 is 5.69 Å². The van der Waals surface area contributed by atoms with Gasteiger partial charge in [0, 0.05) is 18.5 Å². The molecule has 0 saturated heterocycles. The molecule has 0 bridgehead atoms. The Hall–Kier alpha value is -4.51. The smallest absolute Gasteiger partial charge is 0.333 e. The number of nitrogens with zero attached hydrogens (tertiary/aromatic N) is 4. The average molecular weight is 470 g/mol. The number of fused-ring (bicyclic) bond motifs is 3. The highest BCUT2D eigenvalue weighted by Gasteiger charge is 2.23. The fourth-order valence-electron chi connectivity index (χ4n) is 4.43. The van der Waals surface area contributed by atoms with Gasteiger partial charge in [-0.15, -0.1) is 0 Å². The standard InChI is InChI=1S/C27H20F2N4O2/c1-32-23-15-31-22-13-24(35-2)18(9-8-16-6-4-3-5-7-16)12-19(22)25(23)33(27(32)34)26-20(28)10-17(14-30)11-21(26)29/h3-7,10-13,15H,8-9H2,1-2H3. The van der Waals surface area contributed by atoms with Gasteiger partial charge in [0.2, 0.25) is 0 Å². The van der Waals surface area contributed by atoms with Gasteiger partial charge in [0.25, 0.3) is 0 Å². The van der Waals surface area contributed by atoms with Gasteiger partial charge in [0.15, 0.2) is 11.6 Å². The topological polar surface area (TPSA) is 72.8 Å². The van der Waals surface area contributed by atoms with E-state index < -0.39 is 23.0 Å². The van der Waals surface area contributed by atoms with Crippen LogP contribution in [0, 0.1) is 23.0 Å². The zero-order chi connectivity index (χ0) is 24.7. The van der Waals surface area contributed by atoms with Crippen molar-refractivity contribution in [2.24, 2.45) is 7.05 Å². The van der Waals surface area contributed by atoms with Crippen LogP contribution in [0.15, 0.2) is 65.6 Å². The minimum atomic E-state index is -1.00. The molecule has 8 heteroatoms. The van der Waals surface area contributed by atoms with E-state index in [1.54, 1.807) is 19.2 Å². The van der Waals surface area contributed by atoms with Crippen LogP contribution in [-0.4, -0.2) is 21.2 Å². The summed E-state index contributed by atoms with van der Waals surface area (Å²) in [5.74, 6) is -1.36. The summed E-state index contributed by atoms with van der Waals surface area (Å²) >= 11 is 0. The number of hydrogen-bond donors (Lipinski definition) is 0. The van der Waals surface area contributed by atoms with Crippen molar-refractivity contribution >= 4 is 21.9 Å². The predicted molar refractivity (Wildman–Crippen MR) is 129 cm³/mol. The number of ether oxygens (including phenoxy) is 1. The maximum Gasteiger partial charge on any atom is 0.333 e. The van der Waals surface area contributed by atoms with Crippen molar-refractivity contribution in [1.82, 2.24) is 14.1 Å². The SMILES string of the molecule is COc1cc2ncc3c(c2cc1CCc1ccccc1)n(-c1c(F)cc(C#N)cc1F)c(=O)n3C. The van der Waals surface area contributed by atoms with Crippen molar-refractivity contribution in [2.45, 2.75) is 12.8 Å². The molecule has 0 aliphatic carbocycles. The zero-order valence-electron chi connectivity index (χ0n) is 19.0. The van der Waals surface area contributed by atoms with E-state index in [0.717, 1.165) is 34.2 Å². The molecule has 2 aromatic heterocycles. The van der Waals surface area contributed by atoms with E-state index in [9.17, 15) is 4.79 Å². The average Bonchev–Trinajstić information content (AvgIpc) is 3.12. The second-order valence-corrected chi connectivity index (χ2v) is 8.24. The Morgan fingerprint density at radius 3 is 2.43 bits per heavy atom. The molecule has 0 amide bonds. The Bertz CT molecular complexity index is 1680. The van der Waals surface area contributed by atoms with Crippen molar-refractivity contribution in [3.63, 3.8) is 0 Å². The molecule has 0 aliphatic heterocycles. The van der Waals surface area contributed by atoms with Crippen LogP contribution in [-0.2, 0) is 19.9 Å². The maximum atomic E-state index is 15.0. The number of halogens is 2. The maximum absolute atomic E-state index is 15.0. The molecule has 0 spiro atoms. The lowest BCUT2D eigenvalue weighted by Gasteiger charge is -2.13. The van der Waals surface area contributed by atoms with E-state index in [-0.39, 0.29) is 5.56 Å². The van der Waals surface area contributed by atoms with E-state index in [4.69, 9.17) is 10.00 Å². The monoisotopic (exact) mass is 470 g/mol. The Labute approximate surface area is 199 Å². The van der Waals surface area contributed by atoms with Gasteiger partial charge in [0.05, 0.1) is 41.5 Å². The van der Waals surface area contributed by atoms with Crippen LogP contribution in [0.1, 0.15) is 16.7 Å². The number of methoxy groups -OCH3 is 1. The first-order valence-electron chi connectivity index (χ1n) is 10.9. The van der Waals surface area contributed by atoms with Crippen LogP contribution in [0.4, 0.5) is 8.78 Å². The summed E-state index contributed by atoms with van der Waals surface area (Å²) < 4.78 is 37.9. The normalized spacial score (nSPS) is 11.2. The molecule has 5 rings (SSSR count). The highest BCUT2D eigenvalue weighted by Crippen LogP contribution is 2.32. The van der Waals surface area contributed by atoms with Crippen LogP contribution >= 0.6 is 0 Å². The Balaban J connectivity index is 1.78. The lowest BCUT2D eigenvalue weighted by atomic mass is 10.0. The van der Waals surface area contributed by atoms with Crippen molar-refractivity contribution in [3.05, 3.63) is 99.6 Å². The molecule has 0 radical (unpaired) electrons. The molecule has 0 aliphatic rings. The number of nitriles is 1. The number of hydrogen-bond acceptors (Lipinski definition) is 4. The van der Waals surface area contributed by atoms with Crippen molar-refractivity contribution in [2.75, 3.05) is 7.11 Å². The molecule has 2 heterocycles. The third kappa shape index (κ3) is 3.71. The summed E-state index contributed by atoms with van der Waals surface area (Å²) in [5, 5.41) is 9.62. The fourth-order valence-corrected chi connectivity index (χ4v) is 4.43. The summed E-state index contributed by atoms with van der Waals surface area (Å²) in [5.41, 5.74) is 1.97. The summed E-state index contributed by atoms with van der Waals surface area (Å²) in [6, 6.07) is 17.2. The van der Waals surface area contributed by atoms with Gasteiger partial charge in [-0.1, -0.05) is 30.3 Å². The van der Waals surface area contributed by atoms with Gasteiger partial charge in [-0.25, -0.2) is 13.6 Å². The molecule has 174 valence electrons. The summed E-state index contributed by atoms with van der Waals surface area (Å²) in [7, 11) is 3.10. The quantitative estimate of drug-likeness (QED) is 0.369. The lowest BCUT2D eigenvalue weighted by Crippen LogP contribution is -2.22. The van der Waals surface area contributed by atoms with Crippen molar-refractivity contribution in [3.8, 4) is 17.5 Å². The van der Waals surface area contributed by atoms with Crippen LogP contribution in [0.5, 0.6) is 5.75 Å². The molecule has 6 nitrogen and oxygen atoms in total. The molecule has 0 atom stereocenters. The van der Waals surface area contributed by atoms with Gasteiger partial charge in [-0.05, 0) is 42.2 Å². The summed E-state index contributed by atoms with van der Waals surface area (Å²) in [6.07, 6.45) is 2.90. The number of benzene rings is 3. The number of imidazole rings is 1. The first-order chi connectivity index (χ1) is 16.9. The summed E-state index contributed by atoms with van der Waals surface area (Å²) in [6.45, 7) is 0. The highest BCUT2D eigenvalue weighted by molar-refractivity contribution is 6.04. The Morgan fingerprint density at radius 2 is 1.77 bits per heavy atom. The van der Waals surface area contributed by atoms with E-state index in [0.29, 0.717) is 34.1 Å². The molecule has 5 aromatic rings. The van der Waals surface area contributed by atoms with Gasteiger partial charge < -0.3 is 4.74 Å². The number of aromatic nitrogens is 3. The molecule has 0 fully saturated rings. The number of aryl methyl sites for hydroxylation is 3. The second-order valence-electron chi connectivity index (χ2n) is 8.24. The van der Waals surface area contributed by atoms with E-state index in [1.807, 2.05) is 36.4 Å². The molecule has 3 aromatic carbocycles. The molecule has 0 unspecified atom stereocenters. The Morgan fingerprint density at radius 1 is 1.06 bits per heavy atom. The second kappa shape index (κ2) is 8.69. The largest absolute Gasteiger partial charge is 0.496 e. The van der Waals surface area contributed by atoms with Crippen LogP contribution in [0.2, 0.25) is 0 Å². The highest BCUT2D eigenvalue weighted by atomic mass is 19.1. The van der Waals surface area contributed by atoms with Crippen LogP contribution in [0.3, 0.4) is 0 Å². The van der Waals surface area contributed by atoms with E-state index in [1.165, 1.54) is 17.8 Å². The first kappa shape index (κ1) is 22.3. The first-order valence-corrected chi connectivity index (χ1v) is 10.9. The zero-order valence-corrected chi connectivity index (χ0v) is 19.0. The number of rotatable bonds is 5.